The van der Waals surface area contributed by atoms with Gasteiger partial charge >= 0.3 is 0 Å². The second kappa shape index (κ2) is 10.2. The molecule has 1 aromatic carbocycles. The Morgan fingerprint density at radius 2 is 1.87 bits per heavy atom. The molecule has 162 valence electrons. The SMILES string of the molecule is COc1cc(CN2CC(c3ccncc3)C2)ccc1OCC(O)CN1CCNCC1. The van der Waals surface area contributed by atoms with Crippen LogP contribution in [0.25, 0.3) is 0 Å². The normalized spacial score (nSPS) is 19.3. The van der Waals surface area contributed by atoms with Gasteiger partial charge in [0.1, 0.15) is 12.7 Å². The molecule has 3 heterocycles. The Labute approximate surface area is 178 Å². The molecule has 1 aromatic heterocycles. The van der Waals surface area contributed by atoms with E-state index in [1.54, 1.807) is 7.11 Å². The van der Waals surface area contributed by atoms with Gasteiger partial charge in [-0.25, -0.2) is 0 Å². The minimum absolute atomic E-state index is 0.263. The van der Waals surface area contributed by atoms with Crippen molar-refractivity contribution in [2.75, 3.05) is 59.5 Å². The van der Waals surface area contributed by atoms with Crippen molar-refractivity contribution in [2.45, 2.75) is 18.6 Å². The number of rotatable bonds is 9. The van der Waals surface area contributed by atoms with Crippen molar-refractivity contribution in [3.8, 4) is 11.5 Å². The summed E-state index contributed by atoms with van der Waals surface area (Å²) in [5.41, 5.74) is 2.57. The first-order chi connectivity index (χ1) is 14.7. The van der Waals surface area contributed by atoms with Crippen LogP contribution in [0.3, 0.4) is 0 Å². The van der Waals surface area contributed by atoms with Crippen LogP contribution in [0.1, 0.15) is 17.0 Å². The smallest absolute Gasteiger partial charge is 0.161 e. The van der Waals surface area contributed by atoms with E-state index < -0.39 is 6.10 Å². The topological polar surface area (TPSA) is 70.1 Å². The molecule has 2 aliphatic rings. The number of aliphatic hydroxyl groups excluding tert-OH is 1. The molecule has 0 bridgehead atoms. The van der Waals surface area contributed by atoms with Crippen LogP contribution in [0, 0.1) is 0 Å². The largest absolute Gasteiger partial charge is 0.493 e. The van der Waals surface area contributed by atoms with Crippen molar-refractivity contribution >= 4 is 0 Å². The van der Waals surface area contributed by atoms with E-state index in [4.69, 9.17) is 9.47 Å². The molecule has 7 nitrogen and oxygen atoms in total. The highest BCUT2D eigenvalue weighted by Crippen LogP contribution is 2.31. The maximum absolute atomic E-state index is 10.3. The summed E-state index contributed by atoms with van der Waals surface area (Å²) in [5, 5.41) is 13.6. The number of nitrogens with zero attached hydrogens (tertiary/aromatic N) is 3. The first-order valence-corrected chi connectivity index (χ1v) is 10.7. The Kier molecular flexibility index (Phi) is 7.17. The van der Waals surface area contributed by atoms with Crippen molar-refractivity contribution in [2.24, 2.45) is 0 Å². The van der Waals surface area contributed by atoms with Gasteiger partial charge < -0.3 is 19.9 Å². The van der Waals surface area contributed by atoms with Gasteiger partial charge in [-0.1, -0.05) is 6.07 Å². The highest BCUT2D eigenvalue weighted by Gasteiger charge is 2.28. The number of methoxy groups -OCH3 is 1. The Morgan fingerprint density at radius 3 is 2.60 bits per heavy atom. The van der Waals surface area contributed by atoms with Gasteiger partial charge in [0.05, 0.1) is 7.11 Å². The number of nitrogens with one attached hydrogen (secondary N) is 1. The van der Waals surface area contributed by atoms with E-state index in [1.807, 2.05) is 24.5 Å². The van der Waals surface area contributed by atoms with Gasteiger partial charge in [-0.2, -0.15) is 0 Å². The number of β-amino-alcohol motifs (C(OH)–C–C–N with tert-alkyl or cyclic N) is 1. The fourth-order valence-electron chi connectivity index (χ4n) is 4.16. The van der Waals surface area contributed by atoms with Crippen LogP contribution in [-0.4, -0.2) is 85.5 Å². The summed E-state index contributed by atoms with van der Waals surface area (Å²) < 4.78 is 11.4. The minimum Gasteiger partial charge on any atom is -0.493 e. The van der Waals surface area contributed by atoms with Gasteiger partial charge in [0.2, 0.25) is 0 Å². The molecule has 2 N–H and O–H groups in total. The lowest BCUT2D eigenvalue weighted by atomic mass is 9.92. The molecule has 2 fully saturated rings. The molecule has 0 radical (unpaired) electrons. The molecule has 2 aromatic rings. The second-order valence-corrected chi connectivity index (χ2v) is 8.17. The van der Waals surface area contributed by atoms with Crippen molar-refractivity contribution in [3.63, 3.8) is 0 Å². The maximum Gasteiger partial charge on any atom is 0.161 e. The van der Waals surface area contributed by atoms with E-state index in [1.165, 1.54) is 11.1 Å². The van der Waals surface area contributed by atoms with Crippen molar-refractivity contribution < 1.29 is 14.6 Å². The molecule has 0 amide bonds. The molecule has 7 heteroatoms. The van der Waals surface area contributed by atoms with E-state index in [2.05, 4.69) is 38.3 Å². The molecule has 4 rings (SSSR count). The molecule has 0 spiro atoms. The summed E-state index contributed by atoms with van der Waals surface area (Å²) in [5.74, 6) is 1.99. The van der Waals surface area contributed by atoms with Gasteiger partial charge in [-0.3, -0.25) is 14.8 Å². The van der Waals surface area contributed by atoms with Gasteiger partial charge in [-0.15, -0.1) is 0 Å². The van der Waals surface area contributed by atoms with Gasteiger partial charge in [-0.05, 0) is 35.4 Å². The molecule has 30 heavy (non-hydrogen) atoms. The van der Waals surface area contributed by atoms with Crippen LogP contribution in [0.5, 0.6) is 11.5 Å². The third-order valence-corrected chi connectivity index (χ3v) is 5.88. The average Bonchev–Trinajstić information content (AvgIpc) is 2.76. The fraction of sp³-hybridized carbons (Fsp3) is 0.522. The number of aromatic nitrogens is 1. The molecule has 2 saturated heterocycles. The standard InChI is InChI=1S/C23H32N4O3/c1-29-23-12-18(13-27-14-20(15-27)19-4-6-24-7-5-19)2-3-22(23)30-17-21(28)16-26-10-8-25-9-11-26/h2-7,12,20-21,25,28H,8-11,13-17H2,1H3. The van der Waals surface area contributed by atoms with E-state index in [9.17, 15) is 5.11 Å². The molecule has 0 aliphatic carbocycles. The second-order valence-electron chi connectivity index (χ2n) is 8.17. The first kappa shape index (κ1) is 21.1. The summed E-state index contributed by atoms with van der Waals surface area (Å²) in [6.45, 7) is 7.79. The van der Waals surface area contributed by atoms with Crippen LogP contribution in [0.4, 0.5) is 0 Å². The zero-order valence-corrected chi connectivity index (χ0v) is 17.7. The van der Waals surface area contributed by atoms with Gasteiger partial charge in [0.25, 0.3) is 0 Å². The predicted molar refractivity (Wildman–Crippen MR) is 116 cm³/mol. The maximum atomic E-state index is 10.3. The highest BCUT2D eigenvalue weighted by atomic mass is 16.5. The Balaban J connectivity index is 1.25. The number of pyridine rings is 1. The summed E-state index contributed by atoms with van der Waals surface area (Å²) in [6.07, 6.45) is 3.21. The van der Waals surface area contributed by atoms with Crippen LogP contribution < -0.4 is 14.8 Å². The third-order valence-electron chi connectivity index (χ3n) is 5.88. The zero-order valence-electron chi connectivity index (χ0n) is 17.7. The molecule has 1 atom stereocenters. The van der Waals surface area contributed by atoms with E-state index in [0.717, 1.165) is 45.8 Å². The quantitative estimate of drug-likeness (QED) is 0.644. The summed E-state index contributed by atoms with van der Waals surface area (Å²) in [6, 6.07) is 10.3. The number of ether oxygens (including phenoxy) is 2. The number of hydrogen-bond acceptors (Lipinski definition) is 7. The number of likely N-dealkylation sites (tertiary alicyclic amines) is 1. The Hall–Kier alpha value is -2.19. The van der Waals surface area contributed by atoms with E-state index in [0.29, 0.717) is 24.0 Å². The van der Waals surface area contributed by atoms with Crippen LogP contribution in [-0.2, 0) is 6.54 Å². The molecule has 1 unspecified atom stereocenters. The fourth-order valence-corrected chi connectivity index (χ4v) is 4.16. The summed E-state index contributed by atoms with van der Waals surface area (Å²) in [7, 11) is 1.66. The molecular formula is C23H32N4O3. The van der Waals surface area contributed by atoms with Crippen LogP contribution in [0.15, 0.2) is 42.7 Å². The molecular weight excluding hydrogens is 380 g/mol. The van der Waals surface area contributed by atoms with E-state index >= 15 is 0 Å². The minimum atomic E-state index is -0.515. The highest BCUT2D eigenvalue weighted by molar-refractivity contribution is 5.43. The third kappa shape index (κ3) is 5.49. The van der Waals surface area contributed by atoms with Gasteiger partial charge in [0.15, 0.2) is 11.5 Å². The number of piperazine rings is 1. The summed E-state index contributed by atoms with van der Waals surface area (Å²) in [4.78, 5) is 8.78. The van der Waals surface area contributed by atoms with Crippen LogP contribution in [0.2, 0.25) is 0 Å². The lowest BCUT2D eigenvalue weighted by Crippen LogP contribution is -2.47. The first-order valence-electron chi connectivity index (χ1n) is 10.7. The van der Waals surface area contributed by atoms with Crippen molar-refractivity contribution in [1.29, 1.82) is 0 Å². The monoisotopic (exact) mass is 412 g/mol. The Morgan fingerprint density at radius 1 is 1.10 bits per heavy atom. The average molecular weight is 413 g/mol. The van der Waals surface area contributed by atoms with Crippen LogP contribution >= 0.6 is 0 Å². The van der Waals surface area contributed by atoms with E-state index in [-0.39, 0.29) is 6.61 Å². The zero-order chi connectivity index (χ0) is 20.8. The summed E-state index contributed by atoms with van der Waals surface area (Å²) >= 11 is 0. The van der Waals surface area contributed by atoms with Crippen molar-refractivity contribution in [3.05, 3.63) is 53.9 Å². The molecule has 2 aliphatic heterocycles. The Bertz CT molecular complexity index is 792. The lowest BCUT2D eigenvalue weighted by Gasteiger charge is -2.39. The number of hydrogen-bond donors (Lipinski definition) is 2. The van der Waals surface area contributed by atoms with Crippen molar-refractivity contribution in [1.82, 2.24) is 20.1 Å². The molecule has 0 saturated carbocycles. The lowest BCUT2D eigenvalue weighted by molar-refractivity contribution is 0.0632. The number of aliphatic hydroxyl groups is 1. The van der Waals surface area contributed by atoms with Gasteiger partial charge in [0, 0.05) is 70.7 Å². The number of benzene rings is 1. The predicted octanol–water partition coefficient (Wildman–Crippen LogP) is 1.33.